The highest BCUT2D eigenvalue weighted by atomic mass is 32.1. The number of pyridine rings is 1. The van der Waals surface area contributed by atoms with Crippen molar-refractivity contribution < 1.29 is 18.0 Å². The largest absolute Gasteiger partial charge is 0.445 e. The van der Waals surface area contributed by atoms with E-state index in [1.807, 2.05) is 0 Å². The van der Waals surface area contributed by atoms with Crippen LogP contribution in [0.3, 0.4) is 0 Å². The average molecular weight is 443 g/mol. The molecule has 0 unspecified atom stereocenters. The van der Waals surface area contributed by atoms with Gasteiger partial charge in [-0.3, -0.25) is 9.59 Å². The van der Waals surface area contributed by atoms with Gasteiger partial charge in [0.25, 0.3) is 11.5 Å². The number of anilines is 1. The van der Waals surface area contributed by atoms with Crippen LogP contribution in [-0.2, 0) is 12.7 Å². The number of nitrogens with zero attached hydrogens (tertiary/aromatic N) is 5. The van der Waals surface area contributed by atoms with Gasteiger partial charge >= 0.3 is 6.18 Å². The smallest absolute Gasteiger partial charge is 0.343 e. The second-order valence-electron chi connectivity index (χ2n) is 7.72. The zero-order valence-corrected chi connectivity index (χ0v) is 17.9. The van der Waals surface area contributed by atoms with E-state index in [-0.39, 0.29) is 22.2 Å². The summed E-state index contributed by atoms with van der Waals surface area (Å²) in [6.07, 6.45) is -1.98. The molecule has 1 aliphatic heterocycles. The van der Waals surface area contributed by atoms with Crippen molar-refractivity contribution in [2.24, 2.45) is 5.92 Å². The van der Waals surface area contributed by atoms with Crippen molar-refractivity contribution in [3.05, 3.63) is 38.8 Å². The maximum atomic E-state index is 13.0. The molecule has 2 aromatic heterocycles. The molecule has 164 valence electrons. The number of halogens is 3. The lowest BCUT2D eigenvalue weighted by Crippen LogP contribution is -2.50. The summed E-state index contributed by atoms with van der Waals surface area (Å²) in [5, 5.41) is 6.02. The van der Waals surface area contributed by atoms with Crippen molar-refractivity contribution in [2.45, 2.75) is 39.9 Å². The molecule has 1 fully saturated rings. The number of alkyl halides is 3. The van der Waals surface area contributed by atoms with E-state index < -0.39 is 11.2 Å². The summed E-state index contributed by atoms with van der Waals surface area (Å²) in [7, 11) is 0. The van der Waals surface area contributed by atoms with Gasteiger partial charge in [0.2, 0.25) is 10.1 Å². The molecule has 0 bridgehead atoms. The Morgan fingerprint density at radius 3 is 2.43 bits per heavy atom. The summed E-state index contributed by atoms with van der Waals surface area (Å²) >= 11 is 0.489. The van der Waals surface area contributed by atoms with Gasteiger partial charge in [-0.15, -0.1) is 10.2 Å². The number of rotatable bonds is 5. The van der Waals surface area contributed by atoms with Crippen LogP contribution in [0, 0.1) is 12.8 Å². The predicted octanol–water partition coefficient (Wildman–Crippen LogP) is 3.04. The van der Waals surface area contributed by atoms with Gasteiger partial charge in [-0.2, -0.15) is 13.2 Å². The van der Waals surface area contributed by atoms with Gasteiger partial charge in [0, 0.05) is 38.9 Å². The molecule has 1 aliphatic rings. The van der Waals surface area contributed by atoms with Gasteiger partial charge in [0.15, 0.2) is 0 Å². The first-order valence-corrected chi connectivity index (χ1v) is 10.5. The van der Waals surface area contributed by atoms with E-state index in [1.54, 1.807) is 33.6 Å². The van der Waals surface area contributed by atoms with Gasteiger partial charge in [0.05, 0.1) is 0 Å². The van der Waals surface area contributed by atoms with E-state index in [4.69, 9.17) is 0 Å². The fourth-order valence-electron chi connectivity index (χ4n) is 3.22. The Morgan fingerprint density at radius 1 is 1.20 bits per heavy atom. The Bertz CT molecular complexity index is 962. The SMILES string of the molecule is Cc1ccn(CCC(C)C)c(=O)c1C(=O)N1CCN(c2nnc(C(F)(F)F)s2)CC1. The lowest BCUT2D eigenvalue weighted by Gasteiger charge is -2.34. The third-order valence-electron chi connectivity index (χ3n) is 5.03. The van der Waals surface area contributed by atoms with Crippen molar-refractivity contribution in [1.29, 1.82) is 0 Å². The Morgan fingerprint density at radius 2 is 1.87 bits per heavy atom. The minimum atomic E-state index is -4.52. The molecule has 30 heavy (non-hydrogen) atoms. The Hall–Kier alpha value is -2.43. The van der Waals surface area contributed by atoms with Crippen molar-refractivity contribution in [3.63, 3.8) is 0 Å². The molecule has 0 N–H and O–H groups in total. The number of hydrogen-bond acceptors (Lipinski definition) is 6. The summed E-state index contributed by atoms with van der Waals surface area (Å²) in [5.74, 6) is 0.0907. The fraction of sp³-hybridized carbons (Fsp3) is 0.579. The van der Waals surface area contributed by atoms with Crippen LogP contribution >= 0.6 is 11.3 Å². The maximum Gasteiger partial charge on any atom is 0.445 e. The van der Waals surface area contributed by atoms with Gasteiger partial charge in [-0.05, 0) is 30.9 Å². The summed E-state index contributed by atoms with van der Waals surface area (Å²) in [6.45, 7) is 7.65. The van der Waals surface area contributed by atoms with Crippen LogP contribution < -0.4 is 10.5 Å². The zero-order valence-electron chi connectivity index (χ0n) is 17.1. The van der Waals surface area contributed by atoms with Gasteiger partial charge in [-0.1, -0.05) is 25.2 Å². The molecule has 0 radical (unpaired) electrons. The van der Waals surface area contributed by atoms with Crippen molar-refractivity contribution in [2.75, 3.05) is 31.1 Å². The molecule has 0 spiro atoms. The number of carbonyl (C=O) groups is 1. The van der Waals surface area contributed by atoms with E-state index in [1.165, 1.54) is 0 Å². The van der Waals surface area contributed by atoms with Crippen LogP contribution in [0.15, 0.2) is 17.1 Å². The standard InChI is InChI=1S/C19H24F3N5O2S/c1-12(2)4-6-25-7-5-13(3)14(15(25)28)16(29)26-8-10-27(11-9-26)18-24-23-17(30-18)19(20,21)22/h5,7,12H,4,6,8-11H2,1-3H3. The number of piperazine rings is 1. The quantitative estimate of drug-likeness (QED) is 0.711. The normalized spacial score (nSPS) is 15.2. The molecular formula is C19H24F3N5O2S. The van der Waals surface area contributed by atoms with E-state index in [2.05, 4.69) is 24.0 Å². The highest BCUT2D eigenvalue weighted by Crippen LogP contribution is 2.34. The first-order chi connectivity index (χ1) is 14.1. The summed E-state index contributed by atoms with van der Waals surface area (Å²) in [4.78, 5) is 29.1. The molecule has 2 aromatic rings. The molecule has 0 aliphatic carbocycles. The molecule has 7 nitrogen and oxygen atoms in total. The number of aryl methyl sites for hydroxylation is 2. The lowest BCUT2D eigenvalue weighted by atomic mass is 10.1. The van der Waals surface area contributed by atoms with E-state index in [0.717, 1.165) is 6.42 Å². The van der Waals surface area contributed by atoms with Crippen LogP contribution in [0.4, 0.5) is 18.3 Å². The molecule has 0 atom stereocenters. The first kappa shape index (κ1) is 22.3. The number of amides is 1. The minimum absolute atomic E-state index is 0.157. The summed E-state index contributed by atoms with van der Waals surface area (Å²) in [5.41, 5.74) is 0.471. The number of aromatic nitrogens is 3. The van der Waals surface area contributed by atoms with E-state index >= 15 is 0 Å². The molecule has 1 saturated heterocycles. The molecule has 3 rings (SSSR count). The second-order valence-corrected chi connectivity index (χ2v) is 8.68. The van der Waals surface area contributed by atoms with Crippen LogP contribution in [-0.4, -0.2) is 51.8 Å². The summed E-state index contributed by atoms with van der Waals surface area (Å²) < 4.78 is 39.8. The van der Waals surface area contributed by atoms with E-state index in [9.17, 15) is 22.8 Å². The fourth-order valence-corrected chi connectivity index (χ4v) is 3.98. The van der Waals surface area contributed by atoms with Crippen LogP contribution in [0.2, 0.25) is 0 Å². The topological polar surface area (TPSA) is 71.3 Å². The average Bonchev–Trinajstić information content (AvgIpc) is 3.18. The van der Waals surface area contributed by atoms with Crippen molar-refractivity contribution in [1.82, 2.24) is 19.7 Å². The minimum Gasteiger partial charge on any atom is -0.343 e. The lowest BCUT2D eigenvalue weighted by molar-refractivity contribution is -0.138. The zero-order chi connectivity index (χ0) is 22.1. The third-order valence-corrected chi connectivity index (χ3v) is 6.06. The molecule has 0 aromatic carbocycles. The number of carbonyl (C=O) groups excluding carboxylic acids is 1. The molecule has 1 amide bonds. The van der Waals surface area contributed by atoms with Crippen LogP contribution in [0.5, 0.6) is 0 Å². The Kier molecular flexibility index (Phi) is 6.49. The molecular weight excluding hydrogens is 419 g/mol. The van der Waals surface area contributed by atoms with Crippen LogP contribution in [0.25, 0.3) is 0 Å². The Balaban J connectivity index is 1.70. The summed E-state index contributed by atoms with van der Waals surface area (Å²) in [6, 6.07) is 1.77. The van der Waals surface area contributed by atoms with Gasteiger partial charge in [-0.25, -0.2) is 0 Å². The van der Waals surface area contributed by atoms with Gasteiger partial charge in [0.1, 0.15) is 5.56 Å². The highest BCUT2D eigenvalue weighted by Gasteiger charge is 2.36. The number of hydrogen-bond donors (Lipinski definition) is 0. The van der Waals surface area contributed by atoms with Crippen LogP contribution in [0.1, 0.15) is 41.2 Å². The van der Waals surface area contributed by atoms with Crippen molar-refractivity contribution in [3.8, 4) is 0 Å². The Labute approximate surface area is 176 Å². The van der Waals surface area contributed by atoms with Crippen molar-refractivity contribution >= 4 is 22.4 Å². The predicted molar refractivity (Wildman–Crippen MR) is 108 cm³/mol. The third kappa shape index (κ3) is 4.82. The monoisotopic (exact) mass is 443 g/mol. The molecule has 11 heteroatoms. The second kappa shape index (κ2) is 8.75. The van der Waals surface area contributed by atoms with Gasteiger partial charge < -0.3 is 14.4 Å². The maximum absolute atomic E-state index is 13.0. The molecule has 3 heterocycles. The first-order valence-electron chi connectivity index (χ1n) is 9.73. The highest BCUT2D eigenvalue weighted by molar-refractivity contribution is 7.15. The van der Waals surface area contributed by atoms with E-state index in [0.29, 0.717) is 55.5 Å². The molecule has 0 saturated carbocycles.